The monoisotopic (exact) mass is 549 g/mol. The molecular formula is C38H23N5. The SMILES string of the molecule is c1ccc(-n2c3ccccc3c3ccc4c(c5ccc6c7cnccc7n7ccnc7c6c5n4-c4ccccc4)c32)cc1. The van der Waals surface area contributed by atoms with Crippen LogP contribution >= 0.6 is 0 Å². The molecule has 5 aromatic carbocycles. The molecule has 0 amide bonds. The lowest BCUT2D eigenvalue weighted by atomic mass is 10.0. The number of aromatic nitrogens is 5. The van der Waals surface area contributed by atoms with Gasteiger partial charge in [0, 0.05) is 63.1 Å². The smallest absolute Gasteiger partial charge is 0.147 e. The zero-order valence-corrected chi connectivity index (χ0v) is 23.0. The van der Waals surface area contributed by atoms with Gasteiger partial charge in [-0.25, -0.2) is 4.98 Å². The summed E-state index contributed by atoms with van der Waals surface area (Å²) in [4.78, 5) is 9.46. The van der Waals surface area contributed by atoms with Crippen LogP contribution in [0.4, 0.5) is 0 Å². The largest absolute Gasteiger partial charge is 0.309 e. The molecule has 200 valence electrons. The first kappa shape index (κ1) is 22.7. The number of nitrogens with zero attached hydrogens (tertiary/aromatic N) is 5. The van der Waals surface area contributed by atoms with Crippen molar-refractivity contribution in [2.75, 3.05) is 0 Å². The maximum absolute atomic E-state index is 4.94. The summed E-state index contributed by atoms with van der Waals surface area (Å²) >= 11 is 0. The van der Waals surface area contributed by atoms with Gasteiger partial charge < -0.3 is 9.13 Å². The normalized spacial score (nSPS) is 12.2. The van der Waals surface area contributed by atoms with Crippen molar-refractivity contribution in [3.05, 3.63) is 140 Å². The van der Waals surface area contributed by atoms with Gasteiger partial charge in [0.15, 0.2) is 0 Å². The zero-order chi connectivity index (χ0) is 28.1. The van der Waals surface area contributed by atoms with E-state index in [0.29, 0.717) is 0 Å². The van der Waals surface area contributed by atoms with Gasteiger partial charge >= 0.3 is 0 Å². The van der Waals surface area contributed by atoms with Gasteiger partial charge in [-0.2, -0.15) is 0 Å². The summed E-state index contributed by atoms with van der Waals surface area (Å²) in [6.07, 6.45) is 7.78. The van der Waals surface area contributed by atoms with E-state index in [0.717, 1.165) is 49.7 Å². The molecule has 0 saturated carbocycles. The molecule has 5 heterocycles. The number of hydrogen-bond donors (Lipinski definition) is 0. The van der Waals surface area contributed by atoms with Crippen molar-refractivity contribution in [3.63, 3.8) is 0 Å². The highest BCUT2D eigenvalue weighted by Gasteiger charge is 2.23. The Balaban J connectivity index is 1.53. The van der Waals surface area contributed by atoms with Crippen molar-refractivity contribution < 1.29 is 0 Å². The number of rotatable bonds is 2. The molecule has 10 rings (SSSR count). The summed E-state index contributed by atoms with van der Waals surface area (Å²) in [7, 11) is 0. The second-order valence-corrected chi connectivity index (χ2v) is 11.1. The maximum Gasteiger partial charge on any atom is 0.147 e. The molecular weight excluding hydrogens is 526 g/mol. The molecule has 0 aliphatic rings. The maximum atomic E-state index is 4.94. The molecule has 5 nitrogen and oxygen atoms in total. The summed E-state index contributed by atoms with van der Waals surface area (Å²) in [6, 6.07) is 41.4. The van der Waals surface area contributed by atoms with E-state index in [-0.39, 0.29) is 0 Å². The average molecular weight is 550 g/mol. The highest BCUT2D eigenvalue weighted by Crippen LogP contribution is 2.45. The van der Waals surface area contributed by atoms with Crippen LogP contribution in [-0.4, -0.2) is 23.5 Å². The Morgan fingerprint density at radius 3 is 1.93 bits per heavy atom. The Morgan fingerprint density at radius 2 is 1.12 bits per heavy atom. The summed E-state index contributed by atoms with van der Waals surface area (Å²) in [6.45, 7) is 0. The van der Waals surface area contributed by atoms with Gasteiger partial charge in [0.25, 0.3) is 0 Å². The van der Waals surface area contributed by atoms with Crippen LogP contribution in [0, 0.1) is 0 Å². The van der Waals surface area contributed by atoms with E-state index in [9.17, 15) is 0 Å². The first-order valence-corrected chi connectivity index (χ1v) is 14.5. The molecule has 0 spiro atoms. The molecule has 0 bridgehead atoms. The van der Waals surface area contributed by atoms with Crippen LogP contribution in [0.5, 0.6) is 0 Å². The fraction of sp³-hybridized carbons (Fsp3) is 0. The molecule has 10 aromatic rings. The number of hydrogen-bond acceptors (Lipinski definition) is 2. The minimum absolute atomic E-state index is 0.944. The summed E-state index contributed by atoms with van der Waals surface area (Å²) < 4.78 is 7.06. The van der Waals surface area contributed by atoms with E-state index < -0.39 is 0 Å². The van der Waals surface area contributed by atoms with Crippen molar-refractivity contribution in [2.24, 2.45) is 0 Å². The summed E-state index contributed by atoms with van der Waals surface area (Å²) in [5.41, 5.74) is 9.04. The third-order valence-electron chi connectivity index (χ3n) is 8.97. The molecule has 0 radical (unpaired) electrons. The first-order chi connectivity index (χ1) is 21.4. The van der Waals surface area contributed by atoms with Crippen LogP contribution in [0.2, 0.25) is 0 Å². The third kappa shape index (κ3) is 2.90. The molecule has 43 heavy (non-hydrogen) atoms. The van der Waals surface area contributed by atoms with E-state index in [2.05, 4.69) is 140 Å². The highest BCUT2D eigenvalue weighted by atomic mass is 15.0. The van der Waals surface area contributed by atoms with Gasteiger partial charge in [0.05, 0.1) is 33.0 Å². The fourth-order valence-electron chi connectivity index (χ4n) is 7.27. The number of fused-ring (bicyclic) bond motifs is 14. The zero-order valence-electron chi connectivity index (χ0n) is 23.0. The molecule has 0 atom stereocenters. The van der Waals surface area contributed by atoms with E-state index in [1.165, 1.54) is 32.6 Å². The molecule has 0 aliphatic heterocycles. The lowest BCUT2D eigenvalue weighted by molar-refractivity contribution is 1.18. The number of para-hydroxylation sites is 3. The Hall–Kier alpha value is -5.94. The van der Waals surface area contributed by atoms with Crippen molar-refractivity contribution in [2.45, 2.75) is 0 Å². The summed E-state index contributed by atoms with van der Waals surface area (Å²) in [5, 5.41) is 8.30. The van der Waals surface area contributed by atoms with Crippen LogP contribution in [0.15, 0.2) is 140 Å². The second-order valence-electron chi connectivity index (χ2n) is 11.1. The molecule has 0 saturated heterocycles. The molecule has 0 unspecified atom stereocenters. The van der Waals surface area contributed by atoms with Crippen LogP contribution < -0.4 is 0 Å². The minimum Gasteiger partial charge on any atom is -0.309 e. The highest BCUT2D eigenvalue weighted by molar-refractivity contribution is 6.32. The predicted molar refractivity (Wildman–Crippen MR) is 177 cm³/mol. The minimum atomic E-state index is 0.944. The van der Waals surface area contributed by atoms with Gasteiger partial charge in [-0.3, -0.25) is 9.38 Å². The molecule has 0 fully saturated rings. The molecule has 0 N–H and O–H groups in total. The topological polar surface area (TPSA) is 40.1 Å². The van der Waals surface area contributed by atoms with E-state index in [4.69, 9.17) is 4.98 Å². The Labute approximate surface area is 245 Å². The number of imidazole rings is 1. The van der Waals surface area contributed by atoms with Gasteiger partial charge in [-0.1, -0.05) is 72.8 Å². The van der Waals surface area contributed by atoms with Crippen molar-refractivity contribution in [1.82, 2.24) is 23.5 Å². The Bertz CT molecular complexity index is 2710. The van der Waals surface area contributed by atoms with Gasteiger partial charge in [-0.05, 0) is 47.9 Å². The van der Waals surface area contributed by atoms with Gasteiger partial charge in [-0.15, -0.1) is 0 Å². The van der Waals surface area contributed by atoms with Crippen molar-refractivity contribution in [1.29, 1.82) is 0 Å². The second kappa shape index (κ2) is 8.30. The Kier molecular flexibility index (Phi) is 4.39. The van der Waals surface area contributed by atoms with Gasteiger partial charge in [0.1, 0.15) is 5.65 Å². The molecule has 0 aliphatic carbocycles. The van der Waals surface area contributed by atoms with Crippen molar-refractivity contribution in [3.8, 4) is 11.4 Å². The number of benzene rings is 5. The van der Waals surface area contributed by atoms with E-state index >= 15 is 0 Å². The lowest BCUT2D eigenvalue weighted by Gasteiger charge is -2.12. The predicted octanol–water partition coefficient (Wildman–Crippen LogP) is 9.23. The fourth-order valence-corrected chi connectivity index (χ4v) is 7.27. The molecule has 5 heteroatoms. The van der Waals surface area contributed by atoms with E-state index in [1.54, 1.807) is 0 Å². The van der Waals surface area contributed by atoms with Crippen molar-refractivity contribution >= 4 is 70.9 Å². The van der Waals surface area contributed by atoms with Crippen LogP contribution in [0.1, 0.15) is 0 Å². The third-order valence-corrected chi connectivity index (χ3v) is 8.97. The summed E-state index contributed by atoms with van der Waals surface area (Å²) in [5.74, 6) is 0. The van der Waals surface area contributed by atoms with Crippen LogP contribution in [0.3, 0.4) is 0 Å². The van der Waals surface area contributed by atoms with Gasteiger partial charge in [0.2, 0.25) is 0 Å². The first-order valence-electron chi connectivity index (χ1n) is 14.5. The van der Waals surface area contributed by atoms with Crippen LogP contribution in [-0.2, 0) is 0 Å². The standard InChI is InChI=1S/C38H23N5/c1-3-9-24(10-4-1)42-32-14-8-7-13-26(32)28-17-18-33-34(36(28)42)29-16-15-27-30-23-39-20-19-31(30)41-22-21-40-38(41)35(27)37(29)43(33)25-11-5-2-6-12-25/h1-23H. The number of pyridine rings is 2. The Morgan fingerprint density at radius 1 is 0.442 bits per heavy atom. The van der Waals surface area contributed by atoms with Crippen LogP contribution in [0.25, 0.3) is 82.3 Å². The quantitative estimate of drug-likeness (QED) is 0.202. The average Bonchev–Trinajstić information content (AvgIpc) is 3.78. The van der Waals surface area contributed by atoms with E-state index in [1.807, 2.05) is 18.6 Å². The lowest BCUT2D eigenvalue weighted by Crippen LogP contribution is -1.97. The molecule has 5 aromatic heterocycles.